The molecule has 0 amide bonds. The lowest BCUT2D eigenvalue weighted by molar-refractivity contribution is 0.251. The van der Waals surface area contributed by atoms with Gasteiger partial charge in [-0.05, 0) is 26.1 Å². The number of ether oxygens (including phenoxy) is 1. The molecule has 1 aromatic rings. The van der Waals surface area contributed by atoms with Gasteiger partial charge in [-0.2, -0.15) is 0 Å². The van der Waals surface area contributed by atoms with Crippen molar-refractivity contribution in [2.24, 2.45) is 0 Å². The topological polar surface area (TPSA) is 24.5 Å². The fourth-order valence-electron chi connectivity index (χ4n) is 2.33. The van der Waals surface area contributed by atoms with Gasteiger partial charge in [-0.25, -0.2) is 0 Å². The van der Waals surface area contributed by atoms with E-state index in [0.29, 0.717) is 6.04 Å². The number of likely N-dealkylation sites (N-methyl/N-ethyl adjacent to an activating group) is 1. The number of hydrogen-bond donors (Lipinski definition) is 1. The number of methoxy groups -OCH3 is 1. The molecule has 0 radical (unpaired) electrons. The Balaban J connectivity index is 2.26. The van der Waals surface area contributed by atoms with Gasteiger partial charge in [0.25, 0.3) is 0 Å². The summed E-state index contributed by atoms with van der Waals surface area (Å²) in [7, 11) is 3.93. The summed E-state index contributed by atoms with van der Waals surface area (Å²) in [6, 6.07) is 8.79. The first-order valence-electron chi connectivity index (χ1n) is 5.87. The molecule has 1 fully saturated rings. The molecule has 1 atom stereocenters. The van der Waals surface area contributed by atoms with Crippen LogP contribution in [0, 0.1) is 0 Å². The molecule has 0 aromatic heterocycles. The predicted octanol–water partition coefficient (Wildman–Crippen LogP) is 1.66. The zero-order valence-electron chi connectivity index (χ0n) is 10.1. The van der Waals surface area contributed by atoms with Gasteiger partial charge in [-0.15, -0.1) is 0 Å². The van der Waals surface area contributed by atoms with E-state index in [4.69, 9.17) is 4.74 Å². The molecule has 0 bridgehead atoms. The molecule has 2 rings (SSSR count). The third-order valence-electron chi connectivity index (χ3n) is 3.27. The highest BCUT2D eigenvalue weighted by Gasteiger charge is 2.21. The second-order valence-corrected chi connectivity index (χ2v) is 4.28. The highest BCUT2D eigenvalue weighted by atomic mass is 16.5. The molecule has 1 aliphatic heterocycles. The van der Waals surface area contributed by atoms with E-state index in [1.54, 1.807) is 7.11 Å². The van der Waals surface area contributed by atoms with E-state index in [1.165, 1.54) is 5.56 Å². The Bertz CT molecular complexity index is 340. The molecule has 1 aromatic carbocycles. The molecular formula is C13H20N2O. The molecule has 1 N–H and O–H groups in total. The summed E-state index contributed by atoms with van der Waals surface area (Å²) in [6.45, 7) is 3.23. The van der Waals surface area contributed by atoms with Gasteiger partial charge in [-0.3, -0.25) is 4.90 Å². The van der Waals surface area contributed by atoms with Crippen molar-refractivity contribution >= 4 is 0 Å². The molecule has 3 heteroatoms. The van der Waals surface area contributed by atoms with Crippen molar-refractivity contribution in [2.75, 3.05) is 33.8 Å². The molecule has 1 aliphatic rings. The third kappa shape index (κ3) is 2.36. The van der Waals surface area contributed by atoms with E-state index < -0.39 is 0 Å². The van der Waals surface area contributed by atoms with Crippen LogP contribution in [0.5, 0.6) is 5.75 Å². The summed E-state index contributed by atoms with van der Waals surface area (Å²) < 4.78 is 5.44. The number of nitrogens with zero attached hydrogens (tertiary/aromatic N) is 1. The van der Waals surface area contributed by atoms with Gasteiger partial charge in [0.15, 0.2) is 0 Å². The SMILES string of the molecule is COc1ccccc1C1CCNCCN1C. The van der Waals surface area contributed by atoms with Crippen LogP contribution in [-0.2, 0) is 0 Å². The number of nitrogens with one attached hydrogen (secondary N) is 1. The first-order chi connectivity index (χ1) is 7.83. The first kappa shape index (κ1) is 11.4. The van der Waals surface area contributed by atoms with Crippen molar-refractivity contribution in [1.29, 1.82) is 0 Å². The lowest BCUT2D eigenvalue weighted by Crippen LogP contribution is -2.27. The van der Waals surface area contributed by atoms with E-state index in [1.807, 2.05) is 12.1 Å². The second-order valence-electron chi connectivity index (χ2n) is 4.28. The lowest BCUT2D eigenvalue weighted by atomic mass is 10.0. The smallest absolute Gasteiger partial charge is 0.123 e. The third-order valence-corrected chi connectivity index (χ3v) is 3.27. The first-order valence-corrected chi connectivity index (χ1v) is 5.87. The van der Waals surface area contributed by atoms with Gasteiger partial charge in [0, 0.05) is 24.7 Å². The van der Waals surface area contributed by atoms with Crippen LogP contribution in [0.2, 0.25) is 0 Å². The Labute approximate surface area is 97.4 Å². The van der Waals surface area contributed by atoms with Gasteiger partial charge in [0.1, 0.15) is 5.75 Å². The van der Waals surface area contributed by atoms with Crippen LogP contribution in [0.15, 0.2) is 24.3 Å². The number of benzene rings is 1. The minimum atomic E-state index is 0.464. The summed E-state index contributed by atoms with van der Waals surface area (Å²) in [4.78, 5) is 2.40. The largest absolute Gasteiger partial charge is 0.496 e. The zero-order valence-corrected chi connectivity index (χ0v) is 10.1. The Morgan fingerprint density at radius 1 is 1.31 bits per heavy atom. The van der Waals surface area contributed by atoms with Crippen molar-refractivity contribution in [3.8, 4) is 5.75 Å². The quantitative estimate of drug-likeness (QED) is 0.820. The van der Waals surface area contributed by atoms with Crippen LogP contribution in [-0.4, -0.2) is 38.7 Å². The fourth-order valence-corrected chi connectivity index (χ4v) is 2.33. The minimum Gasteiger partial charge on any atom is -0.496 e. The van der Waals surface area contributed by atoms with Crippen LogP contribution < -0.4 is 10.1 Å². The van der Waals surface area contributed by atoms with E-state index in [9.17, 15) is 0 Å². The molecule has 88 valence electrons. The minimum absolute atomic E-state index is 0.464. The van der Waals surface area contributed by atoms with Gasteiger partial charge >= 0.3 is 0 Å². The van der Waals surface area contributed by atoms with E-state index in [2.05, 4.69) is 29.4 Å². The summed E-state index contributed by atoms with van der Waals surface area (Å²) in [5.74, 6) is 1.00. The second kappa shape index (κ2) is 5.32. The van der Waals surface area contributed by atoms with Gasteiger partial charge in [0.05, 0.1) is 7.11 Å². The molecule has 1 unspecified atom stereocenters. The monoisotopic (exact) mass is 220 g/mol. The molecule has 3 nitrogen and oxygen atoms in total. The van der Waals surface area contributed by atoms with Crippen molar-refractivity contribution in [2.45, 2.75) is 12.5 Å². The van der Waals surface area contributed by atoms with E-state index >= 15 is 0 Å². The molecule has 0 aliphatic carbocycles. The van der Waals surface area contributed by atoms with Crippen molar-refractivity contribution < 1.29 is 4.74 Å². The molecule has 1 heterocycles. The van der Waals surface area contributed by atoms with Gasteiger partial charge in [0.2, 0.25) is 0 Å². The Hall–Kier alpha value is -1.06. The summed E-state index contributed by atoms with van der Waals surface area (Å²) >= 11 is 0. The maximum atomic E-state index is 5.44. The lowest BCUT2D eigenvalue weighted by Gasteiger charge is -2.26. The Morgan fingerprint density at radius 2 is 2.12 bits per heavy atom. The fraction of sp³-hybridized carbons (Fsp3) is 0.538. The van der Waals surface area contributed by atoms with Gasteiger partial charge in [-0.1, -0.05) is 18.2 Å². The van der Waals surface area contributed by atoms with Crippen LogP contribution in [0.25, 0.3) is 0 Å². The number of rotatable bonds is 2. The van der Waals surface area contributed by atoms with Crippen LogP contribution >= 0.6 is 0 Å². The Kier molecular flexibility index (Phi) is 3.80. The average Bonchev–Trinajstić information content (AvgIpc) is 2.54. The van der Waals surface area contributed by atoms with E-state index in [0.717, 1.165) is 31.8 Å². The average molecular weight is 220 g/mol. The van der Waals surface area contributed by atoms with Crippen LogP contribution in [0.1, 0.15) is 18.0 Å². The maximum absolute atomic E-state index is 5.44. The zero-order chi connectivity index (χ0) is 11.4. The summed E-state index contributed by atoms with van der Waals surface area (Å²) in [5, 5.41) is 3.43. The predicted molar refractivity (Wildman–Crippen MR) is 65.9 cm³/mol. The summed E-state index contributed by atoms with van der Waals surface area (Å²) in [5.41, 5.74) is 1.30. The van der Waals surface area contributed by atoms with Crippen molar-refractivity contribution in [1.82, 2.24) is 10.2 Å². The standard InChI is InChI=1S/C13H20N2O/c1-15-10-9-14-8-7-12(15)11-5-3-4-6-13(11)16-2/h3-6,12,14H,7-10H2,1-2H3. The maximum Gasteiger partial charge on any atom is 0.123 e. The van der Waals surface area contributed by atoms with Crippen molar-refractivity contribution in [3.05, 3.63) is 29.8 Å². The van der Waals surface area contributed by atoms with Gasteiger partial charge < -0.3 is 10.1 Å². The number of para-hydroxylation sites is 1. The van der Waals surface area contributed by atoms with Crippen LogP contribution in [0.3, 0.4) is 0 Å². The highest BCUT2D eigenvalue weighted by Crippen LogP contribution is 2.31. The molecular weight excluding hydrogens is 200 g/mol. The molecule has 0 spiro atoms. The summed E-state index contributed by atoms with van der Waals surface area (Å²) in [6.07, 6.45) is 1.14. The van der Waals surface area contributed by atoms with Crippen molar-refractivity contribution in [3.63, 3.8) is 0 Å². The normalized spacial score (nSPS) is 22.8. The number of hydrogen-bond acceptors (Lipinski definition) is 3. The highest BCUT2D eigenvalue weighted by molar-refractivity contribution is 5.36. The van der Waals surface area contributed by atoms with Crippen LogP contribution in [0.4, 0.5) is 0 Å². The molecule has 16 heavy (non-hydrogen) atoms. The Morgan fingerprint density at radius 3 is 2.94 bits per heavy atom. The molecule has 0 saturated carbocycles. The van der Waals surface area contributed by atoms with E-state index in [-0.39, 0.29) is 0 Å². The molecule has 1 saturated heterocycles.